The molecule has 2 aliphatic rings. The third kappa shape index (κ3) is 3.12. The highest BCUT2D eigenvalue weighted by atomic mass is 16.5. The summed E-state index contributed by atoms with van der Waals surface area (Å²) in [5.74, 6) is 0.833. The van der Waals surface area contributed by atoms with Gasteiger partial charge in [-0.3, -0.25) is 9.59 Å². The number of anilines is 1. The average molecular weight is 330 g/mol. The molecule has 1 aromatic rings. The zero-order valence-corrected chi connectivity index (χ0v) is 14.5. The predicted molar refractivity (Wildman–Crippen MR) is 92.9 cm³/mol. The average Bonchev–Trinajstić information content (AvgIpc) is 2.60. The van der Waals surface area contributed by atoms with Crippen molar-refractivity contribution in [1.82, 2.24) is 4.90 Å². The molecule has 1 aromatic carbocycles. The predicted octanol–water partition coefficient (Wildman–Crippen LogP) is 3.21. The molecule has 3 rings (SSSR count). The van der Waals surface area contributed by atoms with Gasteiger partial charge in [0.15, 0.2) is 0 Å². The Bertz CT molecular complexity index is 625. The largest absolute Gasteiger partial charge is 0.497 e. The third-order valence-electron chi connectivity index (χ3n) is 5.46. The van der Waals surface area contributed by atoms with E-state index < -0.39 is 5.54 Å². The van der Waals surface area contributed by atoms with Crippen molar-refractivity contribution in [3.05, 3.63) is 24.3 Å². The van der Waals surface area contributed by atoms with Gasteiger partial charge in [0.1, 0.15) is 11.3 Å². The van der Waals surface area contributed by atoms with Gasteiger partial charge in [0, 0.05) is 24.2 Å². The quantitative estimate of drug-likeness (QED) is 0.922. The second-order valence-corrected chi connectivity index (χ2v) is 7.03. The summed E-state index contributed by atoms with van der Waals surface area (Å²) in [6.45, 7) is 2.55. The summed E-state index contributed by atoms with van der Waals surface area (Å²) in [5.41, 5.74) is -0.0463. The molecule has 1 heterocycles. The van der Waals surface area contributed by atoms with Gasteiger partial charge >= 0.3 is 0 Å². The fourth-order valence-corrected chi connectivity index (χ4v) is 3.69. The molecule has 5 heteroatoms. The maximum Gasteiger partial charge on any atom is 0.250 e. The topological polar surface area (TPSA) is 58.6 Å². The van der Waals surface area contributed by atoms with Gasteiger partial charge in [0.2, 0.25) is 11.8 Å². The van der Waals surface area contributed by atoms with Crippen LogP contribution in [0.15, 0.2) is 24.3 Å². The van der Waals surface area contributed by atoms with E-state index in [4.69, 9.17) is 4.74 Å². The molecular formula is C19H26N2O3. The number of carbonyl (C=O) groups is 2. The molecule has 2 fully saturated rings. The van der Waals surface area contributed by atoms with Crippen molar-refractivity contribution < 1.29 is 14.3 Å². The smallest absolute Gasteiger partial charge is 0.250 e. The molecule has 1 aliphatic heterocycles. The van der Waals surface area contributed by atoms with Crippen LogP contribution in [0, 0.1) is 5.92 Å². The van der Waals surface area contributed by atoms with Crippen LogP contribution in [0.3, 0.4) is 0 Å². The highest BCUT2D eigenvalue weighted by Gasteiger charge is 2.50. The molecule has 1 unspecified atom stereocenters. The monoisotopic (exact) mass is 330 g/mol. The number of carbonyl (C=O) groups excluding carboxylic acids is 2. The standard InChI is InChI=1S/C19H26N2O3/c1-19(18(23)20-15-9-6-10-16(13-15)24-2)11-12-21(19)17(22)14-7-4-3-5-8-14/h6,9-10,13-14H,3-5,7-8,11-12H2,1-2H3,(H,20,23). The van der Waals surface area contributed by atoms with Crippen LogP contribution in [0.1, 0.15) is 45.4 Å². The van der Waals surface area contributed by atoms with Gasteiger partial charge in [-0.1, -0.05) is 25.3 Å². The molecule has 0 bridgehead atoms. The maximum atomic E-state index is 12.8. The van der Waals surface area contributed by atoms with E-state index in [0.717, 1.165) is 25.7 Å². The Labute approximate surface area is 143 Å². The first kappa shape index (κ1) is 16.8. The van der Waals surface area contributed by atoms with Crippen molar-refractivity contribution in [2.24, 2.45) is 5.92 Å². The summed E-state index contributed by atoms with van der Waals surface area (Å²) in [4.78, 5) is 27.3. The van der Waals surface area contributed by atoms with Gasteiger partial charge in [-0.05, 0) is 38.3 Å². The van der Waals surface area contributed by atoms with Crippen molar-refractivity contribution in [2.45, 2.75) is 51.0 Å². The van der Waals surface area contributed by atoms with E-state index in [1.54, 1.807) is 18.1 Å². The molecule has 0 radical (unpaired) electrons. The molecule has 1 saturated heterocycles. The molecule has 1 N–H and O–H groups in total. The molecule has 5 nitrogen and oxygen atoms in total. The zero-order chi connectivity index (χ0) is 17.2. The van der Waals surface area contributed by atoms with Gasteiger partial charge in [-0.2, -0.15) is 0 Å². The second kappa shape index (κ2) is 6.83. The van der Waals surface area contributed by atoms with Crippen LogP contribution in [0.5, 0.6) is 5.75 Å². The van der Waals surface area contributed by atoms with E-state index in [2.05, 4.69) is 5.32 Å². The Balaban J connectivity index is 1.67. The third-order valence-corrected chi connectivity index (χ3v) is 5.46. The van der Waals surface area contributed by atoms with Gasteiger partial charge in [0.05, 0.1) is 7.11 Å². The van der Waals surface area contributed by atoms with Crippen LogP contribution in [0.2, 0.25) is 0 Å². The minimum absolute atomic E-state index is 0.1000. The number of methoxy groups -OCH3 is 1. The van der Waals surface area contributed by atoms with Crippen LogP contribution in [-0.4, -0.2) is 35.9 Å². The summed E-state index contributed by atoms with van der Waals surface area (Å²) in [5, 5.41) is 2.93. The SMILES string of the molecule is COc1cccc(NC(=O)C2(C)CCN2C(=O)C2CCCCC2)c1. The fourth-order valence-electron chi connectivity index (χ4n) is 3.69. The van der Waals surface area contributed by atoms with Crippen LogP contribution in [0.25, 0.3) is 0 Å². The lowest BCUT2D eigenvalue weighted by molar-refractivity contribution is -0.158. The Morgan fingerprint density at radius 1 is 1.25 bits per heavy atom. The van der Waals surface area contributed by atoms with Gasteiger partial charge < -0.3 is 15.0 Å². The molecule has 0 spiro atoms. The lowest BCUT2D eigenvalue weighted by Crippen LogP contribution is -2.67. The van der Waals surface area contributed by atoms with Gasteiger partial charge in [0.25, 0.3) is 0 Å². The van der Waals surface area contributed by atoms with Crippen molar-refractivity contribution in [1.29, 1.82) is 0 Å². The van der Waals surface area contributed by atoms with Crippen LogP contribution >= 0.6 is 0 Å². The number of ether oxygens (including phenoxy) is 1. The van der Waals surface area contributed by atoms with Crippen molar-refractivity contribution in [3.8, 4) is 5.75 Å². The van der Waals surface area contributed by atoms with Crippen molar-refractivity contribution >= 4 is 17.5 Å². The number of hydrogen-bond acceptors (Lipinski definition) is 3. The van der Waals surface area contributed by atoms with Crippen molar-refractivity contribution in [3.63, 3.8) is 0 Å². The van der Waals surface area contributed by atoms with E-state index in [-0.39, 0.29) is 17.7 Å². The number of likely N-dealkylation sites (tertiary alicyclic amines) is 1. The molecule has 1 aliphatic carbocycles. The van der Waals surface area contributed by atoms with Gasteiger partial charge in [-0.15, -0.1) is 0 Å². The second-order valence-electron chi connectivity index (χ2n) is 7.03. The Morgan fingerprint density at radius 3 is 2.62 bits per heavy atom. The van der Waals surface area contributed by atoms with E-state index in [0.29, 0.717) is 24.4 Å². The summed E-state index contributed by atoms with van der Waals surface area (Å²) in [6.07, 6.45) is 6.10. The molecule has 1 saturated carbocycles. The van der Waals surface area contributed by atoms with Crippen LogP contribution in [-0.2, 0) is 9.59 Å². The summed E-state index contributed by atoms with van der Waals surface area (Å²) >= 11 is 0. The van der Waals surface area contributed by atoms with Crippen LogP contribution in [0.4, 0.5) is 5.69 Å². The number of nitrogens with one attached hydrogen (secondary N) is 1. The lowest BCUT2D eigenvalue weighted by atomic mass is 9.81. The van der Waals surface area contributed by atoms with Crippen molar-refractivity contribution in [2.75, 3.05) is 19.0 Å². The summed E-state index contributed by atoms with van der Waals surface area (Å²) in [7, 11) is 1.60. The number of hydrogen-bond donors (Lipinski definition) is 1. The highest BCUT2D eigenvalue weighted by Crippen LogP contribution is 2.36. The first-order valence-electron chi connectivity index (χ1n) is 8.81. The first-order valence-corrected chi connectivity index (χ1v) is 8.81. The van der Waals surface area contributed by atoms with E-state index in [1.807, 2.05) is 25.1 Å². The maximum absolute atomic E-state index is 12.8. The Kier molecular flexibility index (Phi) is 4.78. The molecule has 130 valence electrons. The zero-order valence-electron chi connectivity index (χ0n) is 14.5. The van der Waals surface area contributed by atoms with E-state index in [1.165, 1.54) is 6.42 Å². The molecule has 1 atom stereocenters. The number of benzene rings is 1. The summed E-state index contributed by atoms with van der Waals surface area (Å²) in [6, 6.07) is 7.28. The van der Waals surface area contributed by atoms with E-state index in [9.17, 15) is 9.59 Å². The van der Waals surface area contributed by atoms with Gasteiger partial charge in [-0.25, -0.2) is 0 Å². The first-order chi connectivity index (χ1) is 11.5. The lowest BCUT2D eigenvalue weighted by Gasteiger charge is -2.50. The van der Waals surface area contributed by atoms with Crippen LogP contribution < -0.4 is 10.1 Å². The number of amides is 2. The van der Waals surface area contributed by atoms with E-state index >= 15 is 0 Å². The minimum atomic E-state index is -0.738. The molecular weight excluding hydrogens is 304 g/mol. The number of nitrogens with zero attached hydrogens (tertiary/aromatic N) is 1. The molecule has 24 heavy (non-hydrogen) atoms. The fraction of sp³-hybridized carbons (Fsp3) is 0.579. The normalized spacial score (nSPS) is 24.2. The minimum Gasteiger partial charge on any atom is -0.497 e. The number of rotatable bonds is 4. The Hall–Kier alpha value is -2.04. The Morgan fingerprint density at radius 2 is 2.00 bits per heavy atom. The molecule has 0 aromatic heterocycles. The highest BCUT2D eigenvalue weighted by molar-refractivity contribution is 6.01. The summed E-state index contributed by atoms with van der Waals surface area (Å²) < 4.78 is 5.19. The molecule has 2 amide bonds.